The molecule has 0 aliphatic carbocycles. The number of pyridine rings is 1. The van der Waals surface area contributed by atoms with Crippen molar-refractivity contribution in [3.8, 4) is 28.3 Å². The first-order valence-corrected chi connectivity index (χ1v) is 9.27. The van der Waals surface area contributed by atoms with Gasteiger partial charge >= 0.3 is 0 Å². The van der Waals surface area contributed by atoms with Gasteiger partial charge in [0.2, 0.25) is 0 Å². The Morgan fingerprint density at radius 3 is 1.61 bits per heavy atom. The minimum atomic E-state index is 0.860. The SMILES string of the molecule is COc1ccc(/C=C/c2cc(-c3ccccc3)nc(-c3ccccc3)c2)cc1. The van der Waals surface area contributed by atoms with Crippen LogP contribution in [-0.4, -0.2) is 12.1 Å². The highest BCUT2D eigenvalue weighted by Crippen LogP contribution is 2.26. The second-order valence-corrected chi connectivity index (χ2v) is 6.51. The van der Waals surface area contributed by atoms with Crippen molar-refractivity contribution < 1.29 is 4.74 Å². The van der Waals surface area contributed by atoms with E-state index in [-0.39, 0.29) is 0 Å². The second kappa shape index (κ2) is 8.36. The Labute approximate surface area is 165 Å². The molecule has 0 fully saturated rings. The molecule has 4 aromatic rings. The van der Waals surface area contributed by atoms with Gasteiger partial charge < -0.3 is 4.74 Å². The fourth-order valence-electron chi connectivity index (χ4n) is 3.07. The van der Waals surface area contributed by atoms with Gasteiger partial charge in [-0.25, -0.2) is 4.98 Å². The molecule has 0 aliphatic heterocycles. The molecule has 0 spiro atoms. The van der Waals surface area contributed by atoms with Gasteiger partial charge in [0.05, 0.1) is 18.5 Å². The van der Waals surface area contributed by atoms with Crippen molar-refractivity contribution in [2.24, 2.45) is 0 Å². The van der Waals surface area contributed by atoms with Gasteiger partial charge in [-0.3, -0.25) is 0 Å². The first-order chi connectivity index (χ1) is 13.8. The highest BCUT2D eigenvalue weighted by molar-refractivity contribution is 5.76. The predicted molar refractivity (Wildman–Crippen MR) is 117 cm³/mol. The molecule has 0 amide bonds. The summed E-state index contributed by atoms with van der Waals surface area (Å²) in [6.45, 7) is 0. The quantitative estimate of drug-likeness (QED) is 0.399. The van der Waals surface area contributed by atoms with Crippen LogP contribution in [0.1, 0.15) is 11.1 Å². The molecule has 0 saturated carbocycles. The lowest BCUT2D eigenvalue weighted by Crippen LogP contribution is -1.90. The molecule has 0 N–H and O–H groups in total. The van der Waals surface area contributed by atoms with Crippen LogP contribution in [0.25, 0.3) is 34.7 Å². The maximum Gasteiger partial charge on any atom is 0.118 e. The average Bonchev–Trinajstić information content (AvgIpc) is 2.79. The fourth-order valence-corrected chi connectivity index (χ4v) is 3.07. The lowest BCUT2D eigenvalue weighted by Gasteiger charge is -2.08. The summed E-state index contributed by atoms with van der Waals surface area (Å²) in [5.41, 5.74) is 6.40. The van der Waals surface area contributed by atoms with Crippen LogP contribution in [0.2, 0.25) is 0 Å². The number of hydrogen-bond acceptors (Lipinski definition) is 2. The Morgan fingerprint density at radius 2 is 1.11 bits per heavy atom. The van der Waals surface area contributed by atoms with Gasteiger partial charge in [0.25, 0.3) is 0 Å². The van der Waals surface area contributed by atoms with E-state index in [2.05, 4.69) is 48.6 Å². The molecule has 2 nitrogen and oxygen atoms in total. The minimum absolute atomic E-state index is 0.860. The molecule has 0 aliphatic rings. The summed E-state index contributed by atoms with van der Waals surface area (Å²) in [6.07, 6.45) is 4.24. The Morgan fingerprint density at radius 1 is 0.607 bits per heavy atom. The third-order valence-electron chi connectivity index (χ3n) is 4.57. The van der Waals surface area contributed by atoms with Crippen LogP contribution in [-0.2, 0) is 0 Å². The van der Waals surface area contributed by atoms with E-state index in [0.717, 1.165) is 39.4 Å². The zero-order valence-corrected chi connectivity index (χ0v) is 15.7. The Bertz CT molecular complexity index is 1010. The number of methoxy groups -OCH3 is 1. The topological polar surface area (TPSA) is 22.1 Å². The lowest BCUT2D eigenvalue weighted by atomic mass is 10.0. The van der Waals surface area contributed by atoms with Gasteiger partial charge in [-0.1, -0.05) is 84.9 Å². The van der Waals surface area contributed by atoms with E-state index in [1.807, 2.05) is 60.7 Å². The number of rotatable bonds is 5. The van der Waals surface area contributed by atoms with Crippen LogP contribution in [0.5, 0.6) is 5.75 Å². The summed E-state index contributed by atoms with van der Waals surface area (Å²) in [5.74, 6) is 0.860. The monoisotopic (exact) mass is 363 g/mol. The summed E-state index contributed by atoms with van der Waals surface area (Å²) in [7, 11) is 1.68. The van der Waals surface area contributed by atoms with Crippen LogP contribution in [0, 0.1) is 0 Å². The van der Waals surface area contributed by atoms with Crippen molar-refractivity contribution in [3.63, 3.8) is 0 Å². The smallest absolute Gasteiger partial charge is 0.118 e. The largest absolute Gasteiger partial charge is 0.497 e. The highest BCUT2D eigenvalue weighted by atomic mass is 16.5. The first kappa shape index (κ1) is 17.7. The zero-order valence-electron chi connectivity index (χ0n) is 15.7. The molecule has 3 aromatic carbocycles. The molecule has 2 heteroatoms. The number of nitrogens with zero attached hydrogens (tertiary/aromatic N) is 1. The van der Waals surface area contributed by atoms with E-state index >= 15 is 0 Å². The Kier molecular flexibility index (Phi) is 5.30. The predicted octanol–water partition coefficient (Wildman–Crippen LogP) is 6.59. The molecule has 28 heavy (non-hydrogen) atoms. The molecule has 0 saturated heterocycles. The van der Waals surface area contributed by atoms with Gasteiger partial charge in [0, 0.05) is 11.1 Å². The van der Waals surface area contributed by atoms with Crippen LogP contribution < -0.4 is 4.74 Å². The third-order valence-corrected chi connectivity index (χ3v) is 4.57. The van der Waals surface area contributed by atoms with E-state index < -0.39 is 0 Å². The molecule has 0 bridgehead atoms. The van der Waals surface area contributed by atoms with Crippen molar-refractivity contribution >= 4 is 12.2 Å². The van der Waals surface area contributed by atoms with Gasteiger partial charge in [-0.05, 0) is 35.4 Å². The van der Waals surface area contributed by atoms with Crippen molar-refractivity contribution in [1.82, 2.24) is 4.98 Å². The van der Waals surface area contributed by atoms with Crippen molar-refractivity contribution in [2.45, 2.75) is 0 Å². The van der Waals surface area contributed by atoms with E-state index in [0.29, 0.717) is 0 Å². The van der Waals surface area contributed by atoms with E-state index in [4.69, 9.17) is 9.72 Å². The summed E-state index contributed by atoms with van der Waals surface area (Å²) in [5, 5.41) is 0. The van der Waals surface area contributed by atoms with Gasteiger partial charge in [0.1, 0.15) is 5.75 Å². The lowest BCUT2D eigenvalue weighted by molar-refractivity contribution is 0.415. The van der Waals surface area contributed by atoms with Gasteiger partial charge in [0.15, 0.2) is 0 Å². The molecule has 0 radical (unpaired) electrons. The third kappa shape index (κ3) is 4.18. The molecule has 0 unspecified atom stereocenters. The van der Waals surface area contributed by atoms with Gasteiger partial charge in [-0.15, -0.1) is 0 Å². The maximum atomic E-state index is 5.23. The number of ether oxygens (including phenoxy) is 1. The number of hydrogen-bond donors (Lipinski definition) is 0. The minimum Gasteiger partial charge on any atom is -0.497 e. The highest BCUT2D eigenvalue weighted by Gasteiger charge is 2.06. The molecule has 0 atom stereocenters. The summed E-state index contributed by atoms with van der Waals surface area (Å²) < 4.78 is 5.23. The van der Waals surface area contributed by atoms with Crippen LogP contribution in [0.4, 0.5) is 0 Å². The number of benzene rings is 3. The summed E-state index contributed by atoms with van der Waals surface area (Å²) >= 11 is 0. The van der Waals surface area contributed by atoms with Crippen molar-refractivity contribution in [1.29, 1.82) is 0 Å². The first-order valence-electron chi connectivity index (χ1n) is 9.27. The average molecular weight is 363 g/mol. The molecule has 1 aromatic heterocycles. The molecule has 136 valence electrons. The Hall–Kier alpha value is -3.65. The van der Waals surface area contributed by atoms with E-state index in [1.54, 1.807) is 7.11 Å². The van der Waals surface area contributed by atoms with Crippen LogP contribution in [0.15, 0.2) is 97.1 Å². The standard InChI is InChI=1S/C26H21NO/c1-28-24-16-14-20(15-17-24)12-13-21-18-25(22-8-4-2-5-9-22)27-26(19-21)23-10-6-3-7-11-23/h2-19H,1H3/b13-12+. The van der Waals surface area contributed by atoms with E-state index in [1.165, 1.54) is 0 Å². The molecular weight excluding hydrogens is 342 g/mol. The summed E-state index contributed by atoms with van der Waals surface area (Å²) in [4.78, 5) is 4.90. The van der Waals surface area contributed by atoms with Crippen molar-refractivity contribution in [2.75, 3.05) is 7.11 Å². The van der Waals surface area contributed by atoms with Crippen molar-refractivity contribution in [3.05, 3.63) is 108 Å². The zero-order chi connectivity index (χ0) is 19.2. The molecule has 1 heterocycles. The maximum absolute atomic E-state index is 5.23. The molecule has 4 rings (SSSR count). The number of aromatic nitrogens is 1. The molecular formula is C26H21NO. The van der Waals surface area contributed by atoms with Gasteiger partial charge in [-0.2, -0.15) is 0 Å². The van der Waals surface area contributed by atoms with E-state index in [9.17, 15) is 0 Å². The van der Waals surface area contributed by atoms with Crippen LogP contribution >= 0.6 is 0 Å². The summed E-state index contributed by atoms with van der Waals surface area (Å²) in [6, 6.07) is 32.9. The Balaban J connectivity index is 1.74. The normalized spacial score (nSPS) is 10.9. The fraction of sp³-hybridized carbons (Fsp3) is 0.0385. The second-order valence-electron chi connectivity index (χ2n) is 6.51. The van der Waals surface area contributed by atoms with Crippen LogP contribution in [0.3, 0.4) is 0 Å².